The topological polar surface area (TPSA) is 125 Å². The van der Waals surface area contributed by atoms with E-state index in [0.29, 0.717) is 48.4 Å². The molecule has 5 heterocycles. The number of carbonyl (C=O) groups is 1. The van der Waals surface area contributed by atoms with Crippen molar-refractivity contribution in [3.63, 3.8) is 0 Å². The van der Waals surface area contributed by atoms with Crippen molar-refractivity contribution in [2.75, 3.05) is 55.6 Å². The molecule has 43 heavy (non-hydrogen) atoms. The number of rotatable bonds is 6. The van der Waals surface area contributed by atoms with Crippen LogP contribution in [0.1, 0.15) is 17.4 Å². The van der Waals surface area contributed by atoms with Crippen LogP contribution in [0.4, 0.5) is 11.6 Å². The normalized spacial score (nSPS) is 18.4. The van der Waals surface area contributed by atoms with Gasteiger partial charge < -0.3 is 14.7 Å². The largest absolute Gasteiger partial charge is 0.365 e. The third-order valence-electron chi connectivity index (χ3n) is 8.09. The zero-order valence-electron chi connectivity index (χ0n) is 24.4. The number of anilines is 2. The van der Waals surface area contributed by atoms with Gasteiger partial charge in [0.05, 0.1) is 11.7 Å². The van der Waals surface area contributed by atoms with Crippen LogP contribution in [0.5, 0.6) is 0 Å². The lowest BCUT2D eigenvalue weighted by Gasteiger charge is -2.41. The summed E-state index contributed by atoms with van der Waals surface area (Å²) < 4.78 is 30.4. The number of piperazine rings is 2. The lowest BCUT2D eigenvalue weighted by Crippen LogP contribution is -2.54. The number of amides is 1. The van der Waals surface area contributed by atoms with Gasteiger partial charge in [-0.2, -0.15) is 4.31 Å². The summed E-state index contributed by atoms with van der Waals surface area (Å²) in [6, 6.07) is 10.1. The van der Waals surface area contributed by atoms with Gasteiger partial charge in [0.25, 0.3) is 5.56 Å². The highest BCUT2D eigenvalue weighted by Crippen LogP contribution is 2.33. The molecule has 0 saturated carbocycles. The standard InChI is InChI=1S/C29H34N8O4S2/c1-20-6-4-7-23(16-20)37-15-12-34(17-21(37)2)24(38)18-35-19-32-27-25(28(35)39)26(22(3)42-27)43(40,41)36-13-10-33(11-14-36)29-30-8-5-9-31-29/h4-9,16,19,21H,10-15,17-18H2,1-3H3/t21-/m0/s1. The average molecular weight is 623 g/mol. The molecule has 12 nitrogen and oxygen atoms in total. The van der Waals surface area contributed by atoms with E-state index in [1.807, 2.05) is 11.0 Å². The fourth-order valence-corrected chi connectivity index (χ4v) is 8.96. The number of hydrogen-bond acceptors (Lipinski definition) is 10. The van der Waals surface area contributed by atoms with Crippen LogP contribution in [0.25, 0.3) is 10.2 Å². The van der Waals surface area contributed by atoms with Crippen molar-refractivity contribution < 1.29 is 13.2 Å². The summed E-state index contributed by atoms with van der Waals surface area (Å²) in [6.07, 6.45) is 4.65. The van der Waals surface area contributed by atoms with Crippen LogP contribution in [0.15, 0.2) is 58.7 Å². The number of fused-ring (bicyclic) bond motifs is 1. The van der Waals surface area contributed by atoms with E-state index >= 15 is 0 Å². The molecule has 0 bridgehead atoms. The Labute approximate surface area is 254 Å². The van der Waals surface area contributed by atoms with E-state index in [-0.39, 0.29) is 41.9 Å². The van der Waals surface area contributed by atoms with E-state index in [2.05, 4.69) is 51.9 Å². The number of sulfonamides is 1. The van der Waals surface area contributed by atoms with E-state index in [1.54, 1.807) is 30.3 Å². The molecule has 3 aromatic heterocycles. The average Bonchev–Trinajstić information content (AvgIpc) is 3.36. The maximum atomic E-state index is 13.9. The molecule has 6 rings (SSSR count). The monoisotopic (exact) mass is 622 g/mol. The predicted octanol–water partition coefficient (Wildman–Crippen LogP) is 2.11. The molecule has 2 aliphatic rings. The molecule has 0 spiro atoms. The van der Waals surface area contributed by atoms with Crippen molar-refractivity contribution in [2.45, 2.75) is 38.3 Å². The molecule has 2 saturated heterocycles. The van der Waals surface area contributed by atoms with Gasteiger partial charge in [0.15, 0.2) is 0 Å². The summed E-state index contributed by atoms with van der Waals surface area (Å²) in [5, 5.41) is 0.0456. The second-order valence-corrected chi connectivity index (χ2v) is 14.1. The molecule has 2 aliphatic heterocycles. The number of aromatic nitrogens is 4. The van der Waals surface area contributed by atoms with Gasteiger partial charge in [-0.15, -0.1) is 11.3 Å². The molecular formula is C29H34N8O4S2. The second kappa shape index (κ2) is 11.7. The summed E-state index contributed by atoms with van der Waals surface area (Å²) in [4.78, 5) is 46.8. The Bertz CT molecular complexity index is 1820. The number of aryl methyl sites for hydroxylation is 2. The van der Waals surface area contributed by atoms with Crippen LogP contribution in [-0.2, 0) is 21.4 Å². The van der Waals surface area contributed by atoms with Crippen molar-refractivity contribution in [3.05, 3.63) is 69.8 Å². The summed E-state index contributed by atoms with van der Waals surface area (Å²) in [5.74, 6) is 0.356. The Kier molecular flexibility index (Phi) is 7.92. The number of thiophene rings is 1. The quantitative estimate of drug-likeness (QED) is 0.318. The summed E-state index contributed by atoms with van der Waals surface area (Å²) in [5.41, 5.74) is 1.78. The molecule has 0 radical (unpaired) electrons. The van der Waals surface area contributed by atoms with Crippen LogP contribution in [0.3, 0.4) is 0 Å². The van der Waals surface area contributed by atoms with Gasteiger partial charge in [0, 0.05) is 74.8 Å². The highest BCUT2D eigenvalue weighted by atomic mass is 32.2. The van der Waals surface area contributed by atoms with Gasteiger partial charge in [0.1, 0.15) is 16.3 Å². The lowest BCUT2D eigenvalue weighted by atomic mass is 10.1. The molecule has 14 heteroatoms. The fraction of sp³-hybridized carbons (Fsp3) is 0.414. The lowest BCUT2D eigenvalue weighted by molar-refractivity contribution is -0.132. The van der Waals surface area contributed by atoms with Gasteiger partial charge in [-0.25, -0.2) is 23.4 Å². The molecule has 0 aliphatic carbocycles. The fourth-order valence-electron chi connectivity index (χ4n) is 5.87. The van der Waals surface area contributed by atoms with Crippen molar-refractivity contribution in [1.29, 1.82) is 0 Å². The number of hydrogen-bond donors (Lipinski definition) is 0. The van der Waals surface area contributed by atoms with Crippen molar-refractivity contribution >= 4 is 49.1 Å². The first kappa shape index (κ1) is 29.2. The van der Waals surface area contributed by atoms with Gasteiger partial charge in [0.2, 0.25) is 21.9 Å². The highest BCUT2D eigenvalue weighted by molar-refractivity contribution is 7.89. The Morgan fingerprint density at radius 1 is 1.00 bits per heavy atom. The first-order valence-electron chi connectivity index (χ1n) is 14.2. The van der Waals surface area contributed by atoms with Crippen molar-refractivity contribution in [2.24, 2.45) is 0 Å². The SMILES string of the molecule is Cc1cccc(N2CCN(C(=O)Cn3cnc4sc(C)c(S(=O)(=O)N5CCN(c6ncccn6)CC5)c4c3=O)C[C@@H]2C)c1. The molecule has 2 fully saturated rings. The summed E-state index contributed by atoms with van der Waals surface area (Å²) >= 11 is 1.17. The van der Waals surface area contributed by atoms with Crippen LogP contribution in [0.2, 0.25) is 0 Å². The van der Waals surface area contributed by atoms with Gasteiger partial charge in [-0.05, 0) is 44.5 Å². The Hall–Kier alpha value is -3.88. The number of benzene rings is 1. The van der Waals surface area contributed by atoms with Gasteiger partial charge in [-0.3, -0.25) is 14.2 Å². The Morgan fingerprint density at radius 3 is 2.44 bits per heavy atom. The minimum atomic E-state index is -3.99. The summed E-state index contributed by atoms with van der Waals surface area (Å²) in [6.45, 7) is 8.68. The number of carbonyl (C=O) groups excluding carboxylic acids is 1. The van der Waals surface area contributed by atoms with E-state index in [1.165, 1.54) is 32.1 Å². The molecule has 0 N–H and O–H groups in total. The smallest absolute Gasteiger partial charge is 0.263 e. The molecule has 226 valence electrons. The van der Waals surface area contributed by atoms with Crippen molar-refractivity contribution in [3.8, 4) is 0 Å². The molecule has 4 aromatic rings. The van der Waals surface area contributed by atoms with E-state index < -0.39 is 15.6 Å². The Balaban J connectivity index is 1.20. The maximum Gasteiger partial charge on any atom is 0.263 e. The molecule has 1 amide bonds. The predicted molar refractivity (Wildman–Crippen MR) is 166 cm³/mol. The first-order chi connectivity index (χ1) is 20.6. The second-order valence-electron chi connectivity index (χ2n) is 11.0. The van der Waals surface area contributed by atoms with Crippen LogP contribution in [-0.4, -0.2) is 94.9 Å². The molecular weight excluding hydrogens is 589 g/mol. The van der Waals surface area contributed by atoms with Crippen LogP contribution < -0.4 is 15.4 Å². The third kappa shape index (κ3) is 5.61. The maximum absolute atomic E-state index is 13.9. The first-order valence-corrected chi connectivity index (χ1v) is 16.5. The Morgan fingerprint density at radius 2 is 1.74 bits per heavy atom. The summed E-state index contributed by atoms with van der Waals surface area (Å²) in [7, 11) is -3.99. The van der Waals surface area contributed by atoms with E-state index in [4.69, 9.17) is 0 Å². The molecule has 1 atom stereocenters. The molecule has 0 unspecified atom stereocenters. The van der Waals surface area contributed by atoms with Gasteiger partial charge in [-0.1, -0.05) is 12.1 Å². The van der Waals surface area contributed by atoms with E-state index in [9.17, 15) is 18.0 Å². The van der Waals surface area contributed by atoms with Crippen LogP contribution in [0, 0.1) is 13.8 Å². The highest BCUT2D eigenvalue weighted by Gasteiger charge is 2.35. The van der Waals surface area contributed by atoms with Crippen LogP contribution >= 0.6 is 11.3 Å². The van der Waals surface area contributed by atoms with Crippen molar-refractivity contribution in [1.82, 2.24) is 28.7 Å². The minimum absolute atomic E-state index is 0.0170. The zero-order chi connectivity index (χ0) is 30.3. The molecule has 1 aromatic carbocycles. The van der Waals surface area contributed by atoms with E-state index in [0.717, 1.165) is 5.69 Å². The number of nitrogens with zero attached hydrogens (tertiary/aromatic N) is 8. The minimum Gasteiger partial charge on any atom is -0.365 e. The van der Waals surface area contributed by atoms with Gasteiger partial charge >= 0.3 is 0 Å². The third-order valence-corrected chi connectivity index (χ3v) is 11.3. The zero-order valence-corrected chi connectivity index (χ0v) is 26.0.